The molecule has 3 aromatic carbocycles. The van der Waals surface area contributed by atoms with Crippen LogP contribution in [0.4, 0.5) is 8.78 Å². The third kappa shape index (κ3) is 5.29. The molecule has 0 radical (unpaired) electrons. The summed E-state index contributed by atoms with van der Waals surface area (Å²) < 4.78 is 32.2. The average molecular weight is 529 g/mol. The lowest BCUT2D eigenvalue weighted by molar-refractivity contribution is 0.0628. The standard InChI is InChI=1S/C31H30F2N4O2/c1-30(2,39)17-36-10-8-20-12-25(27(33)15-28(20)36)23-7-6-21(29(38)37-11-9-31(3,35)18-37)13-24(23)19-4-5-22(16-34)26(32)14-19/h4-8,10,12-15,39H,9,11,17-18,35H2,1-3H3. The number of hydrogen-bond acceptors (Lipinski definition) is 4. The molecular formula is C31H30F2N4O2. The Labute approximate surface area is 225 Å². The summed E-state index contributed by atoms with van der Waals surface area (Å²) in [5.41, 5.74) is 7.35. The summed E-state index contributed by atoms with van der Waals surface area (Å²) in [6.45, 7) is 6.52. The van der Waals surface area contributed by atoms with Crippen LogP contribution >= 0.6 is 0 Å². The van der Waals surface area contributed by atoms with Gasteiger partial charge in [0.05, 0.1) is 23.2 Å². The van der Waals surface area contributed by atoms with E-state index in [-0.39, 0.29) is 17.0 Å². The maximum absolute atomic E-state index is 15.7. The zero-order chi connectivity index (χ0) is 28.1. The van der Waals surface area contributed by atoms with Crippen LogP contribution in [0.15, 0.2) is 60.8 Å². The fourth-order valence-electron chi connectivity index (χ4n) is 5.24. The van der Waals surface area contributed by atoms with Crippen molar-refractivity contribution in [3.63, 3.8) is 0 Å². The van der Waals surface area contributed by atoms with Crippen LogP contribution in [0, 0.1) is 23.0 Å². The van der Waals surface area contributed by atoms with Crippen molar-refractivity contribution >= 4 is 16.8 Å². The number of aliphatic hydroxyl groups is 1. The van der Waals surface area contributed by atoms with Gasteiger partial charge in [-0.1, -0.05) is 12.1 Å². The molecule has 1 amide bonds. The van der Waals surface area contributed by atoms with Gasteiger partial charge in [-0.25, -0.2) is 8.78 Å². The number of carbonyl (C=O) groups excluding carboxylic acids is 1. The summed E-state index contributed by atoms with van der Waals surface area (Å²) in [5, 5.41) is 20.2. The molecule has 1 unspecified atom stereocenters. The number of fused-ring (bicyclic) bond motifs is 1. The van der Waals surface area contributed by atoms with Crippen LogP contribution in [0.5, 0.6) is 0 Å². The van der Waals surface area contributed by atoms with Gasteiger partial charge < -0.3 is 20.3 Å². The van der Waals surface area contributed by atoms with Crippen LogP contribution in [0.25, 0.3) is 33.2 Å². The average Bonchev–Trinajstić information content (AvgIpc) is 3.43. The number of carbonyl (C=O) groups is 1. The van der Waals surface area contributed by atoms with Crippen LogP contribution in [0.1, 0.15) is 43.1 Å². The smallest absolute Gasteiger partial charge is 0.253 e. The molecule has 4 aromatic rings. The Balaban J connectivity index is 1.64. The third-order valence-electron chi connectivity index (χ3n) is 7.17. The van der Waals surface area contributed by atoms with E-state index < -0.39 is 22.8 Å². The molecule has 1 saturated heterocycles. The molecule has 0 aliphatic carbocycles. The van der Waals surface area contributed by atoms with Gasteiger partial charge in [-0.2, -0.15) is 5.26 Å². The number of nitrogens with zero attached hydrogens (tertiary/aromatic N) is 3. The molecule has 1 aliphatic rings. The van der Waals surface area contributed by atoms with E-state index in [9.17, 15) is 19.6 Å². The quantitative estimate of drug-likeness (QED) is 0.360. The number of nitriles is 1. The van der Waals surface area contributed by atoms with E-state index in [0.29, 0.717) is 53.8 Å². The van der Waals surface area contributed by atoms with E-state index in [0.717, 1.165) is 5.39 Å². The first-order valence-corrected chi connectivity index (χ1v) is 12.8. The first kappa shape index (κ1) is 26.5. The summed E-state index contributed by atoms with van der Waals surface area (Å²) >= 11 is 0. The molecule has 1 aliphatic heterocycles. The van der Waals surface area contributed by atoms with E-state index in [2.05, 4.69) is 0 Å². The minimum absolute atomic E-state index is 0.104. The Kier molecular flexibility index (Phi) is 6.53. The summed E-state index contributed by atoms with van der Waals surface area (Å²) in [6, 6.07) is 16.0. The molecular weight excluding hydrogens is 498 g/mol. The number of rotatable bonds is 5. The highest BCUT2D eigenvalue weighted by molar-refractivity contribution is 5.99. The molecule has 6 nitrogen and oxygen atoms in total. The molecule has 0 bridgehead atoms. The normalized spacial score (nSPS) is 17.5. The molecule has 0 saturated carbocycles. The summed E-state index contributed by atoms with van der Waals surface area (Å²) in [7, 11) is 0. The van der Waals surface area contributed by atoms with Gasteiger partial charge in [0.1, 0.15) is 17.7 Å². The van der Waals surface area contributed by atoms with Gasteiger partial charge >= 0.3 is 0 Å². The van der Waals surface area contributed by atoms with Crippen molar-refractivity contribution in [3.05, 3.63) is 83.6 Å². The highest BCUT2D eigenvalue weighted by atomic mass is 19.1. The minimum atomic E-state index is -0.979. The predicted molar refractivity (Wildman–Crippen MR) is 147 cm³/mol. The summed E-state index contributed by atoms with van der Waals surface area (Å²) in [6.07, 6.45) is 2.48. The molecule has 8 heteroatoms. The largest absolute Gasteiger partial charge is 0.389 e. The Morgan fingerprint density at radius 3 is 2.49 bits per heavy atom. The second-order valence-electron chi connectivity index (χ2n) is 11.3. The number of benzene rings is 3. The van der Waals surface area contributed by atoms with Crippen LogP contribution in [0.2, 0.25) is 0 Å². The fourth-order valence-corrected chi connectivity index (χ4v) is 5.24. The topological polar surface area (TPSA) is 95.3 Å². The van der Waals surface area contributed by atoms with Gasteiger partial charge in [0.2, 0.25) is 0 Å². The number of halogens is 2. The van der Waals surface area contributed by atoms with Crippen molar-refractivity contribution in [2.24, 2.45) is 5.73 Å². The molecule has 1 aromatic heterocycles. The molecule has 5 rings (SSSR count). The Morgan fingerprint density at radius 1 is 1.08 bits per heavy atom. The highest BCUT2D eigenvalue weighted by Crippen LogP contribution is 2.37. The Hall–Kier alpha value is -4.06. The third-order valence-corrected chi connectivity index (χ3v) is 7.17. The lowest BCUT2D eigenvalue weighted by Crippen LogP contribution is -2.40. The molecule has 3 N–H and O–H groups in total. The first-order chi connectivity index (χ1) is 18.3. The molecule has 2 heterocycles. The Morgan fingerprint density at radius 2 is 1.85 bits per heavy atom. The number of likely N-dealkylation sites (tertiary alicyclic amines) is 1. The zero-order valence-corrected chi connectivity index (χ0v) is 22.1. The Bertz CT molecular complexity index is 1640. The van der Waals surface area contributed by atoms with Gasteiger partial charge in [-0.05, 0) is 86.3 Å². The van der Waals surface area contributed by atoms with E-state index in [1.807, 2.05) is 19.1 Å². The van der Waals surface area contributed by atoms with E-state index >= 15 is 4.39 Å². The van der Waals surface area contributed by atoms with Crippen LogP contribution in [-0.4, -0.2) is 44.7 Å². The summed E-state index contributed by atoms with van der Waals surface area (Å²) in [4.78, 5) is 15.0. The lowest BCUT2D eigenvalue weighted by Gasteiger charge is -2.21. The van der Waals surface area contributed by atoms with Crippen molar-refractivity contribution in [3.8, 4) is 28.3 Å². The van der Waals surface area contributed by atoms with E-state index in [4.69, 9.17) is 5.73 Å². The molecule has 1 atom stereocenters. The number of amides is 1. The van der Waals surface area contributed by atoms with Crippen molar-refractivity contribution in [2.75, 3.05) is 13.1 Å². The number of hydrogen-bond donors (Lipinski definition) is 2. The van der Waals surface area contributed by atoms with Crippen LogP contribution in [0.3, 0.4) is 0 Å². The van der Waals surface area contributed by atoms with Gasteiger partial charge in [0.25, 0.3) is 5.91 Å². The fraction of sp³-hybridized carbons (Fsp3) is 0.290. The van der Waals surface area contributed by atoms with E-state index in [1.54, 1.807) is 59.8 Å². The first-order valence-electron chi connectivity index (χ1n) is 12.8. The van der Waals surface area contributed by atoms with Gasteiger partial charge in [-0.15, -0.1) is 0 Å². The lowest BCUT2D eigenvalue weighted by atomic mass is 9.91. The SMILES string of the molecule is CC(C)(O)Cn1ccc2cc(-c3ccc(C(=O)N4CCC(C)(N)C4)cc3-c3ccc(C#N)c(F)c3)c(F)cc21. The minimum Gasteiger partial charge on any atom is -0.389 e. The van der Waals surface area contributed by atoms with E-state index in [1.165, 1.54) is 18.2 Å². The van der Waals surface area contributed by atoms with Crippen molar-refractivity contribution in [1.82, 2.24) is 9.47 Å². The van der Waals surface area contributed by atoms with Crippen molar-refractivity contribution < 1.29 is 18.7 Å². The second-order valence-corrected chi connectivity index (χ2v) is 11.3. The van der Waals surface area contributed by atoms with Crippen LogP contribution in [-0.2, 0) is 6.54 Å². The molecule has 1 fully saturated rings. The van der Waals surface area contributed by atoms with Crippen molar-refractivity contribution in [2.45, 2.75) is 44.9 Å². The second kappa shape index (κ2) is 9.60. The van der Waals surface area contributed by atoms with Crippen molar-refractivity contribution in [1.29, 1.82) is 5.26 Å². The number of nitrogens with two attached hydrogens (primary N) is 1. The monoisotopic (exact) mass is 528 g/mol. The maximum atomic E-state index is 15.7. The van der Waals surface area contributed by atoms with Gasteiger partial charge in [0, 0.05) is 41.3 Å². The molecule has 39 heavy (non-hydrogen) atoms. The highest BCUT2D eigenvalue weighted by Gasteiger charge is 2.33. The molecule has 200 valence electrons. The molecule has 0 spiro atoms. The van der Waals surface area contributed by atoms with Gasteiger partial charge in [0.15, 0.2) is 0 Å². The predicted octanol–water partition coefficient (Wildman–Crippen LogP) is 5.46. The summed E-state index contributed by atoms with van der Waals surface area (Å²) in [5.74, 6) is -1.40. The number of aromatic nitrogens is 1. The van der Waals surface area contributed by atoms with Crippen LogP contribution < -0.4 is 5.73 Å². The zero-order valence-electron chi connectivity index (χ0n) is 22.1. The van der Waals surface area contributed by atoms with Gasteiger partial charge in [-0.3, -0.25) is 4.79 Å². The maximum Gasteiger partial charge on any atom is 0.253 e.